The lowest BCUT2D eigenvalue weighted by Gasteiger charge is -2.38. The summed E-state index contributed by atoms with van der Waals surface area (Å²) in [5.74, 6) is 1.57. The van der Waals surface area contributed by atoms with Crippen LogP contribution >= 0.6 is 11.6 Å². The van der Waals surface area contributed by atoms with E-state index in [4.69, 9.17) is 11.6 Å². The van der Waals surface area contributed by atoms with Crippen molar-refractivity contribution in [3.05, 3.63) is 34.6 Å². The minimum atomic E-state index is -0.320. The zero-order valence-corrected chi connectivity index (χ0v) is 13.0. The minimum absolute atomic E-state index is 0.128. The third kappa shape index (κ3) is 3.48. The molecule has 0 aliphatic heterocycles. The highest BCUT2D eigenvalue weighted by Crippen LogP contribution is 2.43. The van der Waals surface area contributed by atoms with Gasteiger partial charge in [0.2, 0.25) is 0 Å². The normalized spacial score (nSPS) is 29.0. The van der Waals surface area contributed by atoms with Gasteiger partial charge in [-0.25, -0.2) is 4.39 Å². The zero-order valence-electron chi connectivity index (χ0n) is 12.3. The smallest absolute Gasteiger partial charge is 0.140 e. The molecule has 0 amide bonds. The van der Waals surface area contributed by atoms with Gasteiger partial charge in [0.05, 0.1) is 0 Å². The molecule has 2 fully saturated rings. The molecule has 3 rings (SSSR count). The molecule has 3 atom stereocenters. The number of ketones is 1. The van der Waals surface area contributed by atoms with Crippen molar-refractivity contribution in [2.45, 2.75) is 51.4 Å². The number of rotatable bonds is 3. The van der Waals surface area contributed by atoms with E-state index in [0.29, 0.717) is 10.6 Å². The Kier molecular flexibility index (Phi) is 4.63. The molecule has 3 unspecified atom stereocenters. The fourth-order valence-corrected chi connectivity index (χ4v) is 4.37. The van der Waals surface area contributed by atoms with E-state index in [9.17, 15) is 9.18 Å². The summed E-state index contributed by atoms with van der Waals surface area (Å²) in [7, 11) is 0. The second kappa shape index (κ2) is 6.48. The highest BCUT2D eigenvalue weighted by atomic mass is 35.5. The maximum Gasteiger partial charge on any atom is 0.140 e. The van der Waals surface area contributed by atoms with Gasteiger partial charge in [-0.1, -0.05) is 37.3 Å². The van der Waals surface area contributed by atoms with E-state index in [1.165, 1.54) is 44.2 Å². The average Bonchev–Trinajstić information content (AvgIpc) is 2.50. The quantitative estimate of drug-likeness (QED) is 0.750. The van der Waals surface area contributed by atoms with E-state index in [2.05, 4.69) is 0 Å². The van der Waals surface area contributed by atoms with Crippen LogP contribution in [0, 0.1) is 23.6 Å². The number of carbonyl (C=O) groups is 1. The van der Waals surface area contributed by atoms with Crippen molar-refractivity contribution < 1.29 is 9.18 Å². The molecule has 0 bridgehead atoms. The van der Waals surface area contributed by atoms with Gasteiger partial charge in [0, 0.05) is 17.4 Å². The van der Waals surface area contributed by atoms with Gasteiger partial charge in [-0.3, -0.25) is 4.79 Å². The van der Waals surface area contributed by atoms with Crippen LogP contribution in [0.1, 0.15) is 50.5 Å². The van der Waals surface area contributed by atoms with Gasteiger partial charge >= 0.3 is 0 Å². The summed E-state index contributed by atoms with van der Waals surface area (Å²) in [4.78, 5) is 12.5. The molecular formula is C18H22ClFO. The number of benzene rings is 1. The Balaban J connectivity index is 1.64. The molecule has 0 radical (unpaired) electrons. The molecule has 1 aromatic carbocycles. The number of hydrogen-bond acceptors (Lipinski definition) is 1. The molecule has 0 aromatic heterocycles. The molecule has 2 aliphatic rings. The van der Waals surface area contributed by atoms with Crippen molar-refractivity contribution in [3.8, 4) is 0 Å². The Morgan fingerprint density at radius 3 is 2.71 bits per heavy atom. The van der Waals surface area contributed by atoms with Gasteiger partial charge in [-0.2, -0.15) is 0 Å². The summed E-state index contributed by atoms with van der Waals surface area (Å²) in [6.45, 7) is 0. The Labute approximate surface area is 130 Å². The molecule has 1 nitrogen and oxygen atoms in total. The summed E-state index contributed by atoms with van der Waals surface area (Å²) in [5.41, 5.74) is 0.443. The van der Waals surface area contributed by atoms with Gasteiger partial charge in [-0.15, -0.1) is 0 Å². The number of halogens is 2. The van der Waals surface area contributed by atoms with Gasteiger partial charge in [0.1, 0.15) is 11.6 Å². The first kappa shape index (κ1) is 15.0. The lowest BCUT2D eigenvalue weighted by Crippen LogP contribution is -2.32. The second-order valence-corrected chi connectivity index (χ2v) is 7.13. The molecule has 1 aromatic rings. The van der Waals surface area contributed by atoms with E-state index in [-0.39, 0.29) is 23.9 Å². The van der Waals surface area contributed by atoms with Crippen LogP contribution in [-0.4, -0.2) is 5.78 Å². The van der Waals surface area contributed by atoms with Gasteiger partial charge in [-0.05, 0) is 54.9 Å². The molecule has 2 saturated carbocycles. The van der Waals surface area contributed by atoms with Crippen LogP contribution < -0.4 is 0 Å². The predicted octanol–water partition coefficient (Wildman–Crippen LogP) is 5.20. The molecule has 21 heavy (non-hydrogen) atoms. The predicted molar refractivity (Wildman–Crippen MR) is 82.9 cm³/mol. The molecule has 0 spiro atoms. The summed E-state index contributed by atoms with van der Waals surface area (Å²) in [5, 5.41) is 0.496. The van der Waals surface area contributed by atoms with Gasteiger partial charge in [0.15, 0.2) is 0 Å². The van der Waals surface area contributed by atoms with E-state index in [1.54, 1.807) is 6.07 Å². The monoisotopic (exact) mass is 308 g/mol. The summed E-state index contributed by atoms with van der Waals surface area (Å²) < 4.78 is 13.8. The average molecular weight is 309 g/mol. The van der Waals surface area contributed by atoms with Crippen LogP contribution in [0.4, 0.5) is 4.39 Å². The van der Waals surface area contributed by atoms with Crippen LogP contribution in [-0.2, 0) is 11.2 Å². The molecule has 0 saturated heterocycles. The van der Waals surface area contributed by atoms with Crippen LogP contribution in [0.25, 0.3) is 0 Å². The first-order valence-electron chi connectivity index (χ1n) is 8.10. The SMILES string of the molecule is O=C(Cc1cc(Cl)ccc1F)C1CCC2CCCCC2C1. The fourth-order valence-electron chi connectivity index (χ4n) is 4.18. The Bertz CT molecular complexity index is 528. The highest BCUT2D eigenvalue weighted by Gasteiger charge is 2.34. The van der Waals surface area contributed by atoms with Gasteiger partial charge < -0.3 is 0 Å². The maximum atomic E-state index is 13.8. The Morgan fingerprint density at radius 1 is 1.14 bits per heavy atom. The standard InChI is InChI=1S/C18H22ClFO/c19-16-7-8-17(20)15(10-16)11-18(21)14-6-5-12-3-1-2-4-13(12)9-14/h7-8,10,12-14H,1-6,9,11H2. The molecule has 3 heteroatoms. The van der Waals surface area contributed by atoms with E-state index in [1.807, 2.05) is 0 Å². The fraction of sp³-hybridized carbons (Fsp3) is 0.611. The van der Waals surface area contributed by atoms with Crippen molar-refractivity contribution in [2.75, 3.05) is 0 Å². The summed E-state index contributed by atoms with van der Waals surface area (Å²) in [6, 6.07) is 4.46. The first-order chi connectivity index (χ1) is 10.1. The molecule has 114 valence electrons. The Morgan fingerprint density at radius 2 is 1.90 bits per heavy atom. The first-order valence-corrected chi connectivity index (χ1v) is 8.48. The van der Waals surface area contributed by atoms with E-state index in [0.717, 1.165) is 24.7 Å². The van der Waals surface area contributed by atoms with E-state index >= 15 is 0 Å². The summed E-state index contributed by atoms with van der Waals surface area (Å²) in [6.07, 6.45) is 8.66. The van der Waals surface area contributed by atoms with E-state index < -0.39 is 0 Å². The van der Waals surface area contributed by atoms with Crippen molar-refractivity contribution in [2.24, 2.45) is 17.8 Å². The molecule has 2 aliphatic carbocycles. The second-order valence-electron chi connectivity index (χ2n) is 6.69. The number of carbonyl (C=O) groups excluding carboxylic acids is 1. The Hall–Kier alpha value is -0.890. The third-order valence-electron chi connectivity index (χ3n) is 5.37. The third-order valence-corrected chi connectivity index (χ3v) is 5.60. The highest BCUT2D eigenvalue weighted by molar-refractivity contribution is 6.30. The minimum Gasteiger partial charge on any atom is -0.299 e. The van der Waals surface area contributed by atoms with Crippen LogP contribution in [0.2, 0.25) is 5.02 Å². The van der Waals surface area contributed by atoms with Crippen LogP contribution in [0.5, 0.6) is 0 Å². The van der Waals surface area contributed by atoms with Crippen LogP contribution in [0.3, 0.4) is 0 Å². The molecule has 0 N–H and O–H groups in total. The van der Waals surface area contributed by atoms with Crippen molar-refractivity contribution in [1.29, 1.82) is 0 Å². The molecular weight excluding hydrogens is 287 g/mol. The topological polar surface area (TPSA) is 17.1 Å². The lowest BCUT2D eigenvalue weighted by molar-refractivity contribution is -0.124. The van der Waals surface area contributed by atoms with Crippen molar-refractivity contribution >= 4 is 17.4 Å². The maximum absolute atomic E-state index is 13.8. The lowest BCUT2D eigenvalue weighted by atomic mass is 9.66. The molecule has 0 heterocycles. The summed E-state index contributed by atoms with van der Waals surface area (Å²) >= 11 is 5.90. The largest absolute Gasteiger partial charge is 0.299 e. The van der Waals surface area contributed by atoms with Crippen LogP contribution in [0.15, 0.2) is 18.2 Å². The number of Topliss-reactive ketones (excluding diaryl/α,β-unsaturated/α-hetero) is 1. The number of fused-ring (bicyclic) bond motifs is 1. The number of hydrogen-bond donors (Lipinski definition) is 0. The van der Waals surface area contributed by atoms with Crippen molar-refractivity contribution in [1.82, 2.24) is 0 Å². The van der Waals surface area contributed by atoms with Crippen molar-refractivity contribution in [3.63, 3.8) is 0 Å². The zero-order chi connectivity index (χ0) is 14.8. The van der Waals surface area contributed by atoms with Gasteiger partial charge in [0.25, 0.3) is 0 Å².